The SMILES string of the molecule is CN(C(=O)CCCN)C1CCCCC1S(C)(=O)=O.Cl. The summed E-state index contributed by atoms with van der Waals surface area (Å²) in [4.78, 5) is 13.6. The maximum Gasteiger partial charge on any atom is 0.222 e. The Morgan fingerprint density at radius 2 is 1.89 bits per heavy atom. The maximum atomic E-state index is 11.9. The van der Waals surface area contributed by atoms with E-state index in [-0.39, 0.29) is 24.4 Å². The summed E-state index contributed by atoms with van der Waals surface area (Å²) in [6.45, 7) is 0.486. The van der Waals surface area contributed by atoms with Crippen molar-refractivity contribution < 1.29 is 13.2 Å². The molecule has 1 aliphatic carbocycles. The summed E-state index contributed by atoms with van der Waals surface area (Å²) in [6.07, 6.45) is 5.69. The number of nitrogens with zero attached hydrogens (tertiary/aromatic N) is 1. The van der Waals surface area contributed by atoms with Gasteiger partial charge >= 0.3 is 0 Å². The number of sulfone groups is 1. The van der Waals surface area contributed by atoms with Crippen molar-refractivity contribution in [2.45, 2.75) is 49.8 Å². The maximum absolute atomic E-state index is 11.9. The molecule has 114 valence electrons. The lowest BCUT2D eigenvalue weighted by molar-refractivity contribution is -0.132. The first-order chi connectivity index (χ1) is 8.38. The molecule has 0 heterocycles. The summed E-state index contributed by atoms with van der Waals surface area (Å²) in [5.74, 6) is 0.000926. The van der Waals surface area contributed by atoms with Gasteiger partial charge in [-0.15, -0.1) is 12.4 Å². The Kier molecular flexibility index (Phi) is 7.93. The molecule has 0 radical (unpaired) electrons. The summed E-state index contributed by atoms with van der Waals surface area (Å²) in [5.41, 5.74) is 5.39. The van der Waals surface area contributed by atoms with E-state index in [0.29, 0.717) is 25.8 Å². The number of halogens is 1. The predicted molar refractivity (Wildman–Crippen MR) is 79.2 cm³/mol. The van der Waals surface area contributed by atoms with Crippen LogP contribution in [0.4, 0.5) is 0 Å². The highest BCUT2D eigenvalue weighted by Crippen LogP contribution is 2.27. The molecule has 5 nitrogen and oxygen atoms in total. The molecule has 2 atom stereocenters. The largest absolute Gasteiger partial charge is 0.341 e. The first-order valence-electron chi connectivity index (χ1n) is 6.52. The van der Waals surface area contributed by atoms with Crippen molar-refractivity contribution in [1.82, 2.24) is 4.90 Å². The molecular weight excluding hydrogens is 288 g/mol. The first kappa shape index (κ1) is 18.7. The van der Waals surface area contributed by atoms with Crippen LogP contribution < -0.4 is 5.73 Å². The number of nitrogens with two attached hydrogens (primary N) is 1. The second kappa shape index (κ2) is 8.07. The van der Waals surface area contributed by atoms with Gasteiger partial charge in [0.2, 0.25) is 5.91 Å². The van der Waals surface area contributed by atoms with Gasteiger partial charge in [0.15, 0.2) is 9.84 Å². The van der Waals surface area contributed by atoms with Gasteiger partial charge in [-0.25, -0.2) is 8.42 Å². The lowest BCUT2D eigenvalue weighted by atomic mass is 9.93. The molecule has 19 heavy (non-hydrogen) atoms. The Morgan fingerprint density at radius 3 is 2.42 bits per heavy atom. The van der Waals surface area contributed by atoms with Crippen molar-refractivity contribution in [2.24, 2.45) is 5.73 Å². The van der Waals surface area contributed by atoms with Crippen LogP contribution in [0.3, 0.4) is 0 Å². The Balaban J connectivity index is 0.00000324. The minimum atomic E-state index is -3.09. The van der Waals surface area contributed by atoms with Gasteiger partial charge < -0.3 is 10.6 Å². The molecule has 1 aliphatic rings. The van der Waals surface area contributed by atoms with E-state index >= 15 is 0 Å². The first-order valence-corrected chi connectivity index (χ1v) is 8.48. The van der Waals surface area contributed by atoms with Crippen LogP contribution in [0.25, 0.3) is 0 Å². The average Bonchev–Trinajstić information content (AvgIpc) is 2.34. The standard InChI is InChI=1S/C12H24N2O3S.ClH/c1-14(12(15)8-5-9-13)10-6-3-4-7-11(10)18(2,16)17;/h10-11H,3-9,13H2,1-2H3;1H. The number of hydrogen-bond donors (Lipinski definition) is 1. The molecule has 0 spiro atoms. The molecule has 1 amide bonds. The molecule has 0 aliphatic heterocycles. The fourth-order valence-electron chi connectivity index (χ4n) is 2.63. The number of hydrogen-bond acceptors (Lipinski definition) is 4. The van der Waals surface area contributed by atoms with E-state index in [4.69, 9.17) is 5.73 Å². The van der Waals surface area contributed by atoms with Gasteiger partial charge in [-0.05, 0) is 25.8 Å². The van der Waals surface area contributed by atoms with E-state index in [1.807, 2.05) is 0 Å². The van der Waals surface area contributed by atoms with Crippen molar-refractivity contribution in [1.29, 1.82) is 0 Å². The highest BCUT2D eigenvalue weighted by Gasteiger charge is 2.36. The molecule has 1 saturated carbocycles. The van der Waals surface area contributed by atoms with Gasteiger partial charge in [0.1, 0.15) is 0 Å². The summed E-state index contributed by atoms with van der Waals surface area (Å²) < 4.78 is 23.6. The quantitative estimate of drug-likeness (QED) is 0.820. The lowest BCUT2D eigenvalue weighted by Gasteiger charge is -2.37. The fourth-order valence-corrected chi connectivity index (χ4v) is 4.12. The van der Waals surface area contributed by atoms with Crippen LogP contribution in [0.5, 0.6) is 0 Å². The molecule has 2 unspecified atom stereocenters. The van der Waals surface area contributed by atoms with E-state index in [1.165, 1.54) is 6.26 Å². The summed E-state index contributed by atoms with van der Waals surface area (Å²) in [7, 11) is -1.38. The van der Waals surface area contributed by atoms with Crippen LogP contribution in [-0.2, 0) is 14.6 Å². The Hall–Kier alpha value is -0.330. The normalized spacial score (nSPS) is 23.5. The minimum Gasteiger partial charge on any atom is -0.341 e. The number of amides is 1. The monoisotopic (exact) mass is 312 g/mol. The molecular formula is C12H25ClN2O3S. The lowest BCUT2D eigenvalue weighted by Crippen LogP contribution is -2.49. The van der Waals surface area contributed by atoms with Crippen LogP contribution in [0.1, 0.15) is 38.5 Å². The van der Waals surface area contributed by atoms with Crippen LogP contribution in [-0.4, -0.2) is 50.4 Å². The zero-order valence-electron chi connectivity index (χ0n) is 11.7. The third-order valence-electron chi connectivity index (χ3n) is 3.70. The Bertz CT molecular complexity index is 386. The van der Waals surface area contributed by atoms with Crippen LogP contribution >= 0.6 is 12.4 Å². The molecule has 1 rings (SSSR count). The summed E-state index contributed by atoms with van der Waals surface area (Å²) >= 11 is 0. The van der Waals surface area contributed by atoms with E-state index in [0.717, 1.165) is 19.3 Å². The Morgan fingerprint density at radius 1 is 1.32 bits per heavy atom. The van der Waals surface area contributed by atoms with Crippen LogP contribution in [0, 0.1) is 0 Å². The Labute approximate surface area is 122 Å². The number of rotatable bonds is 5. The van der Waals surface area contributed by atoms with E-state index in [2.05, 4.69) is 0 Å². The average molecular weight is 313 g/mol. The van der Waals surface area contributed by atoms with Gasteiger partial charge in [-0.2, -0.15) is 0 Å². The third-order valence-corrected chi connectivity index (χ3v) is 5.35. The van der Waals surface area contributed by atoms with Gasteiger partial charge in [0.05, 0.1) is 5.25 Å². The number of carbonyl (C=O) groups is 1. The van der Waals surface area contributed by atoms with Gasteiger partial charge in [-0.3, -0.25) is 4.79 Å². The molecule has 7 heteroatoms. The minimum absolute atomic E-state index is 0. The second-order valence-electron chi connectivity index (χ2n) is 5.12. The molecule has 2 N–H and O–H groups in total. The smallest absolute Gasteiger partial charge is 0.222 e. The van der Waals surface area contributed by atoms with Gasteiger partial charge in [0, 0.05) is 25.8 Å². The molecule has 0 aromatic carbocycles. The van der Waals surface area contributed by atoms with Crippen molar-refractivity contribution in [2.75, 3.05) is 19.8 Å². The molecule has 1 fully saturated rings. The molecule has 0 aromatic heterocycles. The number of carbonyl (C=O) groups excluding carboxylic acids is 1. The summed E-state index contributed by atoms with van der Waals surface area (Å²) in [6, 6.07) is -0.168. The van der Waals surface area contributed by atoms with Crippen molar-refractivity contribution in [3.63, 3.8) is 0 Å². The second-order valence-corrected chi connectivity index (χ2v) is 7.38. The van der Waals surface area contributed by atoms with Crippen molar-refractivity contribution >= 4 is 28.2 Å². The van der Waals surface area contributed by atoms with Gasteiger partial charge in [0.25, 0.3) is 0 Å². The fraction of sp³-hybridized carbons (Fsp3) is 0.917. The zero-order valence-corrected chi connectivity index (χ0v) is 13.3. The van der Waals surface area contributed by atoms with Gasteiger partial charge in [-0.1, -0.05) is 12.8 Å². The molecule has 0 bridgehead atoms. The summed E-state index contributed by atoms with van der Waals surface area (Å²) in [5, 5.41) is -0.405. The topological polar surface area (TPSA) is 80.5 Å². The van der Waals surface area contributed by atoms with Crippen molar-refractivity contribution in [3.05, 3.63) is 0 Å². The highest BCUT2D eigenvalue weighted by molar-refractivity contribution is 7.91. The van der Waals surface area contributed by atoms with Crippen LogP contribution in [0.15, 0.2) is 0 Å². The predicted octanol–water partition coefficient (Wildman–Crippen LogP) is 0.961. The van der Waals surface area contributed by atoms with Crippen LogP contribution in [0.2, 0.25) is 0 Å². The molecule has 0 aromatic rings. The van der Waals surface area contributed by atoms with E-state index in [9.17, 15) is 13.2 Å². The highest BCUT2D eigenvalue weighted by atomic mass is 35.5. The van der Waals surface area contributed by atoms with Crippen molar-refractivity contribution in [3.8, 4) is 0 Å². The van der Waals surface area contributed by atoms with E-state index in [1.54, 1.807) is 11.9 Å². The third kappa shape index (κ3) is 5.28. The van der Waals surface area contributed by atoms with E-state index < -0.39 is 15.1 Å². The zero-order chi connectivity index (χ0) is 13.8. The molecule has 0 saturated heterocycles.